The fourth-order valence-corrected chi connectivity index (χ4v) is 1.76. The van der Waals surface area contributed by atoms with E-state index in [1.165, 1.54) is 0 Å². The minimum absolute atomic E-state index is 0.397. The van der Waals surface area contributed by atoms with Crippen LogP contribution in [0.25, 0.3) is 0 Å². The van der Waals surface area contributed by atoms with Gasteiger partial charge in [0.2, 0.25) is 11.8 Å². The summed E-state index contributed by atoms with van der Waals surface area (Å²) < 4.78 is 5.55. The largest absolute Gasteiger partial charge is 0.424 e. The van der Waals surface area contributed by atoms with Crippen molar-refractivity contribution in [2.24, 2.45) is 0 Å². The molecule has 0 aliphatic heterocycles. The van der Waals surface area contributed by atoms with Crippen molar-refractivity contribution in [1.82, 2.24) is 15.5 Å². The number of halogens is 1. The fourth-order valence-electron chi connectivity index (χ4n) is 1.54. The minimum atomic E-state index is 0.397. The highest BCUT2D eigenvalue weighted by Crippen LogP contribution is 2.14. The summed E-state index contributed by atoms with van der Waals surface area (Å²) in [5.74, 6) is 1.22. The molecule has 4 nitrogen and oxygen atoms in total. The summed E-state index contributed by atoms with van der Waals surface area (Å²) in [5, 5.41) is 12.0. The molecule has 1 aromatic heterocycles. The number of hydrogen-bond donors (Lipinski definition) is 1. The van der Waals surface area contributed by atoms with Gasteiger partial charge in [-0.3, -0.25) is 0 Å². The molecule has 2 aromatic rings. The minimum Gasteiger partial charge on any atom is -0.424 e. The number of aromatic nitrogens is 2. The second-order valence-electron chi connectivity index (χ2n) is 4.43. The molecule has 1 heterocycles. The third-order valence-electron chi connectivity index (χ3n) is 2.41. The van der Waals surface area contributed by atoms with Gasteiger partial charge in [0.25, 0.3) is 0 Å². The average Bonchev–Trinajstić information content (AvgIpc) is 2.74. The maximum Gasteiger partial charge on any atom is 0.230 e. The van der Waals surface area contributed by atoms with Gasteiger partial charge in [-0.25, -0.2) is 0 Å². The monoisotopic (exact) mass is 265 g/mol. The lowest BCUT2D eigenvalue weighted by atomic mass is 10.1. The molecule has 18 heavy (non-hydrogen) atoms. The van der Waals surface area contributed by atoms with Crippen LogP contribution in [0.4, 0.5) is 0 Å². The first kappa shape index (κ1) is 13.1. The Bertz CT molecular complexity index is 510. The van der Waals surface area contributed by atoms with E-state index in [0.717, 1.165) is 5.56 Å². The van der Waals surface area contributed by atoms with E-state index < -0.39 is 0 Å². The highest BCUT2D eigenvalue weighted by molar-refractivity contribution is 6.30. The van der Waals surface area contributed by atoms with Crippen LogP contribution in [-0.4, -0.2) is 16.2 Å². The second-order valence-corrected chi connectivity index (χ2v) is 4.87. The zero-order valence-corrected chi connectivity index (χ0v) is 11.2. The van der Waals surface area contributed by atoms with Crippen LogP contribution in [0.3, 0.4) is 0 Å². The molecule has 0 amide bonds. The normalized spacial score (nSPS) is 11.1. The Morgan fingerprint density at radius 2 is 2.06 bits per heavy atom. The topological polar surface area (TPSA) is 51.0 Å². The Labute approximate surface area is 111 Å². The van der Waals surface area contributed by atoms with Gasteiger partial charge in [-0.1, -0.05) is 37.6 Å². The van der Waals surface area contributed by atoms with Crippen molar-refractivity contribution in [3.05, 3.63) is 46.6 Å². The van der Waals surface area contributed by atoms with E-state index in [2.05, 4.69) is 29.4 Å². The maximum atomic E-state index is 5.92. The van der Waals surface area contributed by atoms with Crippen LogP contribution in [0.2, 0.25) is 5.02 Å². The molecule has 5 heteroatoms. The van der Waals surface area contributed by atoms with Crippen molar-refractivity contribution in [2.45, 2.75) is 32.9 Å². The summed E-state index contributed by atoms with van der Waals surface area (Å²) in [7, 11) is 0. The molecule has 2 rings (SSSR count). The third kappa shape index (κ3) is 3.82. The molecule has 96 valence electrons. The van der Waals surface area contributed by atoms with Gasteiger partial charge in [0.15, 0.2) is 0 Å². The van der Waals surface area contributed by atoms with Crippen molar-refractivity contribution < 1.29 is 4.42 Å². The van der Waals surface area contributed by atoms with Gasteiger partial charge in [0, 0.05) is 11.1 Å². The van der Waals surface area contributed by atoms with Crippen LogP contribution < -0.4 is 5.32 Å². The van der Waals surface area contributed by atoms with E-state index in [1.54, 1.807) is 0 Å². The van der Waals surface area contributed by atoms with Crippen LogP contribution in [0.5, 0.6) is 0 Å². The lowest BCUT2D eigenvalue weighted by Crippen LogP contribution is -2.21. The lowest BCUT2D eigenvalue weighted by molar-refractivity contribution is 0.427. The third-order valence-corrected chi connectivity index (χ3v) is 2.65. The number of rotatable bonds is 5. The van der Waals surface area contributed by atoms with Crippen LogP contribution >= 0.6 is 11.6 Å². The second kappa shape index (κ2) is 5.98. The van der Waals surface area contributed by atoms with Crippen LogP contribution in [0, 0.1) is 0 Å². The van der Waals surface area contributed by atoms with Gasteiger partial charge in [0.1, 0.15) is 0 Å². The predicted molar refractivity (Wildman–Crippen MR) is 70.5 cm³/mol. The Morgan fingerprint density at radius 1 is 1.28 bits per heavy atom. The van der Waals surface area contributed by atoms with Crippen LogP contribution in [-0.2, 0) is 13.0 Å². The summed E-state index contributed by atoms with van der Waals surface area (Å²) >= 11 is 5.92. The molecule has 0 bridgehead atoms. The van der Waals surface area contributed by atoms with E-state index in [-0.39, 0.29) is 0 Å². The fraction of sp³-hybridized carbons (Fsp3) is 0.385. The van der Waals surface area contributed by atoms with Crippen LogP contribution in [0.15, 0.2) is 28.7 Å². The van der Waals surface area contributed by atoms with E-state index in [1.807, 2.05) is 24.3 Å². The maximum absolute atomic E-state index is 5.92. The Balaban J connectivity index is 1.98. The number of nitrogens with zero attached hydrogens (tertiary/aromatic N) is 2. The van der Waals surface area contributed by atoms with Gasteiger partial charge in [0.05, 0.1) is 13.0 Å². The quantitative estimate of drug-likeness (QED) is 0.903. The number of nitrogens with one attached hydrogen (secondary N) is 1. The molecule has 0 saturated heterocycles. The summed E-state index contributed by atoms with van der Waals surface area (Å²) in [5.41, 5.74) is 1.06. The zero-order chi connectivity index (χ0) is 13.0. The first-order valence-corrected chi connectivity index (χ1v) is 6.30. The average molecular weight is 266 g/mol. The highest BCUT2D eigenvalue weighted by atomic mass is 35.5. The molecule has 1 N–H and O–H groups in total. The van der Waals surface area contributed by atoms with Crippen molar-refractivity contribution >= 4 is 11.6 Å². The van der Waals surface area contributed by atoms with E-state index >= 15 is 0 Å². The Kier molecular flexibility index (Phi) is 4.33. The van der Waals surface area contributed by atoms with Gasteiger partial charge < -0.3 is 9.73 Å². The van der Waals surface area contributed by atoms with Gasteiger partial charge in [-0.15, -0.1) is 10.2 Å². The molecule has 0 atom stereocenters. The van der Waals surface area contributed by atoms with Gasteiger partial charge >= 0.3 is 0 Å². The van der Waals surface area contributed by atoms with E-state index in [9.17, 15) is 0 Å². The van der Waals surface area contributed by atoms with Gasteiger partial charge in [-0.2, -0.15) is 0 Å². The lowest BCUT2D eigenvalue weighted by Gasteiger charge is -2.03. The molecule has 0 fully saturated rings. The first-order valence-electron chi connectivity index (χ1n) is 5.92. The van der Waals surface area contributed by atoms with E-state index in [4.69, 9.17) is 16.0 Å². The molecule has 0 spiro atoms. The van der Waals surface area contributed by atoms with Crippen LogP contribution in [0.1, 0.15) is 31.2 Å². The molecular formula is C13H16ClN3O. The summed E-state index contributed by atoms with van der Waals surface area (Å²) in [6.45, 7) is 4.74. The zero-order valence-electron chi connectivity index (χ0n) is 10.5. The Hall–Kier alpha value is -1.39. The standard InChI is InChI=1S/C13H16ClN3O/c1-9(2)15-8-13-17-16-12(18-13)7-10-4-3-5-11(14)6-10/h3-6,9,15H,7-8H2,1-2H3. The molecule has 0 saturated carbocycles. The smallest absolute Gasteiger partial charge is 0.230 e. The molecule has 1 aromatic carbocycles. The highest BCUT2D eigenvalue weighted by Gasteiger charge is 2.07. The van der Waals surface area contributed by atoms with E-state index in [0.29, 0.717) is 35.8 Å². The Morgan fingerprint density at radius 3 is 2.78 bits per heavy atom. The molecule has 0 aliphatic carbocycles. The summed E-state index contributed by atoms with van der Waals surface area (Å²) in [6, 6.07) is 8.04. The van der Waals surface area contributed by atoms with Crippen molar-refractivity contribution in [3.8, 4) is 0 Å². The van der Waals surface area contributed by atoms with Gasteiger partial charge in [-0.05, 0) is 17.7 Å². The molecular weight excluding hydrogens is 250 g/mol. The van der Waals surface area contributed by atoms with Crippen molar-refractivity contribution in [1.29, 1.82) is 0 Å². The predicted octanol–water partition coefficient (Wildman–Crippen LogP) is 2.81. The SMILES string of the molecule is CC(C)NCc1nnc(Cc2cccc(Cl)c2)o1. The van der Waals surface area contributed by atoms with Crippen molar-refractivity contribution in [3.63, 3.8) is 0 Å². The van der Waals surface area contributed by atoms with Crippen molar-refractivity contribution in [2.75, 3.05) is 0 Å². The number of hydrogen-bond acceptors (Lipinski definition) is 4. The number of benzene rings is 1. The first-order chi connectivity index (χ1) is 8.63. The molecule has 0 aliphatic rings. The summed E-state index contributed by atoms with van der Waals surface area (Å²) in [6.07, 6.45) is 0.606. The summed E-state index contributed by atoms with van der Waals surface area (Å²) in [4.78, 5) is 0. The molecule has 0 unspecified atom stereocenters. The molecule has 0 radical (unpaired) electrons.